The lowest BCUT2D eigenvalue weighted by molar-refractivity contribution is 0.352. The van der Waals surface area contributed by atoms with Crippen molar-refractivity contribution in [1.29, 1.82) is 0 Å². The lowest BCUT2D eigenvalue weighted by Gasteiger charge is -2.13. The number of hydrogen-bond acceptors (Lipinski definition) is 4. The average molecular weight is 261 g/mol. The summed E-state index contributed by atoms with van der Waals surface area (Å²) >= 11 is 1.75. The normalized spacial score (nSPS) is 16.5. The molecular formula is C14H19N3S. The minimum Gasteiger partial charge on any atom is -0.360 e. The van der Waals surface area contributed by atoms with Gasteiger partial charge in [-0.1, -0.05) is 17.4 Å². The Labute approximate surface area is 112 Å². The number of benzene rings is 1. The van der Waals surface area contributed by atoms with Gasteiger partial charge in [-0.3, -0.25) is 0 Å². The van der Waals surface area contributed by atoms with Gasteiger partial charge in [-0.2, -0.15) is 0 Å². The van der Waals surface area contributed by atoms with Crippen LogP contribution in [0.4, 0.5) is 5.13 Å². The molecule has 0 unspecified atom stereocenters. The lowest BCUT2D eigenvalue weighted by Crippen LogP contribution is -2.25. The van der Waals surface area contributed by atoms with E-state index < -0.39 is 0 Å². The van der Waals surface area contributed by atoms with Crippen LogP contribution in [0.15, 0.2) is 18.2 Å². The Kier molecular flexibility index (Phi) is 3.48. The molecule has 4 heteroatoms. The standard InChI is InChI=1S/C14H19N3S/c1-11-4-5-12-13(10-11)18-14(16-12)15-6-9-17-7-2-3-8-17/h4-5,10H,2-3,6-9H2,1H3,(H,15,16). The number of rotatable bonds is 4. The van der Waals surface area contributed by atoms with E-state index in [1.807, 2.05) is 0 Å². The number of fused-ring (bicyclic) bond motifs is 1. The van der Waals surface area contributed by atoms with Crippen LogP contribution in [0, 0.1) is 6.92 Å². The zero-order chi connectivity index (χ0) is 12.4. The molecular weight excluding hydrogens is 242 g/mol. The molecule has 1 aliphatic heterocycles. The Morgan fingerprint density at radius 1 is 1.33 bits per heavy atom. The van der Waals surface area contributed by atoms with Crippen LogP contribution >= 0.6 is 11.3 Å². The van der Waals surface area contributed by atoms with Crippen LogP contribution in [0.3, 0.4) is 0 Å². The number of hydrogen-bond donors (Lipinski definition) is 1. The van der Waals surface area contributed by atoms with Gasteiger partial charge in [0.05, 0.1) is 10.2 Å². The van der Waals surface area contributed by atoms with E-state index in [0.717, 1.165) is 23.7 Å². The van der Waals surface area contributed by atoms with E-state index in [-0.39, 0.29) is 0 Å². The minimum atomic E-state index is 0.999. The molecule has 96 valence electrons. The first-order chi connectivity index (χ1) is 8.81. The van der Waals surface area contributed by atoms with Crippen molar-refractivity contribution in [1.82, 2.24) is 9.88 Å². The van der Waals surface area contributed by atoms with Gasteiger partial charge in [0, 0.05) is 13.1 Å². The molecule has 0 bridgehead atoms. The monoisotopic (exact) mass is 261 g/mol. The summed E-state index contributed by atoms with van der Waals surface area (Å²) in [6, 6.07) is 6.43. The van der Waals surface area contributed by atoms with E-state index in [2.05, 4.69) is 40.3 Å². The van der Waals surface area contributed by atoms with Crippen molar-refractivity contribution in [2.45, 2.75) is 19.8 Å². The summed E-state index contributed by atoms with van der Waals surface area (Å²) in [7, 11) is 0. The van der Waals surface area contributed by atoms with Gasteiger partial charge in [0.25, 0.3) is 0 Å². The molecule has 0 spiro atoms. The highest BCUT2D eigenvalue weighted by Gasteiger charge is 2.10. The maximum Gasteiger partial charge on any atom is 0.183 e. The fraction of sp³-hybridized carbons (Fsp3) is 0.500. The number of nitrogens with one attached hydrogen (secondary N) is 1. The summed E-state index contributed by atoms with van der Waals surface area (Å²) in [6.45, 7) is 6.79. The molecule has 0 amide bonds. The maximum atomic E-state index is 4.61. The van der Waals surface area contributed by atoms with E-state index in [1.54, 1.807) is 11.3 Å². The molecule has 1 aromatic heterocycles. The number of anilines is 1. The zero-order valence-corrected chi connectivity index (χ0v) is 11.6. The van der Waals surface area contributed by atoms with Crippen LogP contribution in [0.5, 0.6) is 0 Å². The number of nitrogens with zero attached hydrogens (tertiary/aromatic N) is 2. The molecule has 3 rings (SSSR count). The van der Waals surface area contributed by atoms with Crippen molar-refractivity contribution in [3.05, 3.63) is 23.8 Å². The summed E-state index contributed by atoms with van der Waals surface area (Å²) in [5.74, 6) is 0. The van der Waals surface area contributed by atoms with Crippen LogP contribution in [0.2, 0.25) is 0 Å². The van der Waals surface area contributed by atoms with Gasteiger partial charge < -0.3 is 10.2 Å². The van der Waals surface area contributed by atoms with Gasteiger partial charge in [-0.25, -0.2) is 4.98 Å². The highest BCUT2D eigenvalue weighted by molar-refractivity contribution is 7.22. The molecule has 1 fully saturated rings. The Morgan fingerprint density at radius 3 is 3.00 bits per heavy atom. The first-order valence-electron chi connectivity index (χ1n) is 6.65. The maximum absolute atomic E-state index is 4.61. The smallest absolute Gasteiger partial charge is 0.183 e. The second-order valence-corrected chi connectivity index (χ2v) is 6.00. The third-order valence-corrected chi connectivity index (χ3v) is 4.42. The van der Waals surface area contributed by atoms with Crippen molar-refractivity contribution in [2.75, 3.05) is 31.5 Å². The van der Waals surface area contributed by atoms with Gasteiger partial charge >= 0.3 is 0 Å². The van der Waals surface area contributed by atoms with Crippen LogP contribution in [0.25, 0.3) is 10.2 Å². The topological polar surface area (TPSA) is 28.2 Å². The third kappa shape index (κ3) is 2.65. The zero-order valence-electron chi connectivity index (χ0n) is 10.8. The van der Waals surface area contributed by atoms with E-state index in [9.17, 15) is 0 Å². The third-order valence-electron chi connectivity index (χ3n) is 3.45. The molecule has 1 aromatic carbocycles. The fourth-order valence-electron chi connectivity index (χ4n) is 2.43. The number of thiazole rings is 1. The first-order valence-corrected chi connectivity index (χ1v) is 7.46. The van der Waals surface area contributed by atoms with Crippen molar-refractivity contribution in [2.24, 2.45) is 0 Å². The van der Waals surface area contributed by atoms with Crippen molar-refractivity contribution < 1.29 is 0 Å². The highest BCUT2D eigenvalue weighted by atomic mass is 32.1. The van der Waals surface area contributed by atoms with Gasteiger partial charge in [0.15, 0.2) is 5.13 Å². The van der Waals surface area contributed by atoms with Crippen LogP contribution in [0.1, 0.15) is 18.4 Å². The van der Waals surface area contributed by atoms with E-state index in [0.29, 0.717) is 0 Å². The van der Waals surface area contributed by atoms with Crippen LogP contribution in [-0.2, 0) is 0 Å². The largest absolute Gasteiger partial charge is 0.360 e. The van der Waals surface area contributed by atoms with Gasteiger partial charge in [0.2, 0.25) is 0 Å². The number of aryl methyl sites for hydroxylation is 1. The summed E-state index contributed by atoms with van der Waals surface area (Å²) in [5, 5.41) is 4.50. The summed E-state index contributed by atoms with van der Waals surface area (Å²) in [4.78, 5) is 7.13. The Balaban J connectivity index is 1.60. The van der Waals surface area contributed by atoms with Crippen LogP contribution < -0.4 is 5.32 Å². The summed E-state index contributed by atoms with van der Waals surface area (Å²) < 4.78 is 1.28. The van der Waals surface area contributed by atoms with Crippen LogP contribution in [-0.4, -0.2) is 36.1 Å². The number of aromatic nitrogens is 1. The predicted molar refractivity (Wildman–Crippen MR) is 78.5 cm³/mol. The molecule has 2 heterocycles. The molecule has 1 saturated heterocycles. The SMILES string of the molecule is Cc1ccc2nc(NCCN3CCCC3)sc2c1. The lowest BCUT2D eigenvalue weighted by atomic mass is 10.2. The average Bonchev–Trinajstić information content (AvgIpc) is 2.97. The molecule has 0 radical (unpaired) electrons. The van der Waals surface area contributed by atoms with Crippen molar-refractivity contribution in [3.63, 3.8) is 0 Å². The van der Waals surface area contributed by atoms with Gasteiger partial charge in [-0.15, -0.1) is 0 Å². The molecule has 1 N–H and O–H groups in total. The second-order valence-electron chi connectivity index (χ2n) is 4.97. The van der Waals surface area contributed by atoms with E-state index in [4.69, 9.17) is 0 Å². The van der Waals surface area contributed by atoms with Crippen molar-refractivity contribution in [3.8, 4) is 0 Å². The fourth-order valence-corrected chi connectivity index (χ4v) is 3.42. The Bertz CT molecular complexity index is 529. The molecule has 18 heavy (non-hydrogen) atoms. The van der Waals surface area contributed by atoms with E-state index >= 15 is 0 Å². The summed E-state index contributed by atoms with van der Waals surface area (Å²) in [5.41, 5.74) is 2.41. The Hall–Kier alpha value is -1.13. The minimum absolute atomic E-state index is 0.999. The molecule has 0 aliphatic carbocycles. The quantitative estimate of drug-likeness (QED) is 0.916. The van der Waals surface area contributed by atoms with Gasteiger partial charge in [0.1, 0.15) is 0 Å². The molecule has 0 saturated carbocycles. The molecule has 1 aliphatic rings. The van der Waals surface area contributed by atoms with Gasteiger partial charge in [-0.05, 0) is 50.6 Å². The Morgan fingerprint density at radius 2 is 2.17 bits per heavy atom. The number of likely N-dealkylation sites (tertiary alicyclic amines) is 1. The molecule has 3 nitrogen and oxygen atoms in total. The predicted octanol–water partition coefficient (Wildman–Crippen LogP) is 3.11. The highest BCUT2D eigenvalue weighted by Crippen LogP contribution is 2.26. The van der Waals surface area contributed by atoms with Crippen molar-refractivity contribution >= 4 is 26.7 Å². The van der Waals surface area contributed by atoms with E-state index in [1.165, 1.54) is 36.2 Å². The molecule has 2 aromatic rings. The summed E-state index contributed by atoms with van der Waals surface area (Å²) in [6.07, 6.45) is 2.72. The first kappa shape index (κ1) is 11.9. The second kappa shape index (κ2) is 5.24. The molecule has 0 atom stereocenters.